The molecule has 4 nitrogen and oxygen atoms in total. The van der Waals surface area contributed by atoms with Crippen molar-refractivity contribution in [3.63, 3.8) is 0 Å². The largest absolute Gasteiger partial charge is 0.295 e. The average molecular weight is 343 g/mol. The van der Waals surface area contributed by atoms with Gasteiger partial charge in [0, 0.05) is 5.56 Å². The molecule has 0 heterocycles. The van der Waals surface area contributed by atoms with Gasteiger partial charge in [-0.15, -0.1) is 0 Å². The van der Waals surface area contributed by atoms with Crippen LogP contribution in [-0.2, 0) is 10.0 Å². The van der Waals surface area contributed by atoms with Gasteiger partial charge in [-0.2, -0.15) is 0 Å². The molecule has 5 heteroatoms. The second-order valence-corrected chi connectivity index (χ2v) is 8.18. The average Bonchev–Trinajstić information content (AvgIpc) is 3.30. The minimum atomic E-state index is -3.69. The Morgan fingerprint density at radius 1 is 1.12 bits per heavy atom. The Labute approximate surface area is 143 Å². The Morgan fingerprint density at radius 2 is 1.79 bits per heavy atom. The summed E-state index contributed by atoms with van der Waals surface area (Å²) in [4.78, 5) is 11.6. The molecule has 1 saturated carbocycles. The Balaban J connectivity index is 1.91. The summed E-state index contributed by atoms with van der Waals surface area (Å²) >= 11 is 0. The van der Waals surface area contributed by atoms with Crippen LogP contribution in [0.1, 0.15) is 42.2 Å². The second-order valence-electron chi connectivity index (χ2n) is 6.47. The molecule has 2 aromatic carbocycles. The smallest absolute Gasteiger partial charge is 0.241 e. The van der Waals surface area contributed by atoms with Gasteiger partial charge in [0.2, 0.25) is 10.0 Å². The molecule has 0 bridgehead atoms. The first kappa shape index (κ1) is 16.9. The van der Waals surface area contributed by atoms with Gasteiger partial charge in [-0.05, 0) is 42.9 Å². The van der Waals surface area contributed by atoms with Crippen LogP contribution < -0.4 is 4.72 Å². The molecule has 1 aliphatic carbocycles. The van der Waals surface area contributed by atoms with Crippen molar-refractivity contribution in [2.75, 3.05) is 0 Å². The van der Waals surface area contributed by atoms with E-state index in [-0.39, 0.29) is 16.7 Å². The first-order valence-corrected chi connectivity index (χ1v) is 9.55. The Kier molecular flexibility index (Phi) is 4.56. The maximum Gasteiger partial charge on any atom is 0.241 e. The number of nitrogens with one attached hydrogen (secondary N) is 1. The van der Waals surface area contributed by atoms with Crippen LogP contribution in [0.2, 0.25) is 0 Å². The molecule has 3 rings (SSSR count). The first-order chi connectivity index (χ1) is 11.4. The molecule has 0 aromatic heterocycles. The van der Waals surface area contributed by atoms with Crippen molar-refractivity contribution in [2.24, 2.45) is 11.8 Å². The fraction of sp³-hybridized carbons (Fsp3) is 0.316. The van der Waals surface area contributed by atoms with Gasteiger partial charge >= 0.3 is 0 Å². The van der Waals surface area contributed by atoms with E-state index >= 15 is 0 Å². The summed E-state index contributed by atoms with van der Waals surface area (Å²) in [6, 6.07) is 15.6. The van der Waals surface area contributed by atoms with Crippen LogP contribution in [0.3, 0.4) is 0 Å². The summed E-state index contributed by atoms with van der Waals surface area (Å²) in [6.45, 7) is 3.56. The summed E-state index contributed by atoms with van der Waals surface area (Å²) in [6.07, 6.45) is 1.01. The van der Waals surface area contributed by atoms with Crippen molar-refractivity contribution in [3.05, 3.63) is 65.7 Å². The fourth-order valence-corrected chi connectivity index (χ4v) is 4.32. The minimum Gasteiger partial charge on any atom is -0.295 e. The van der Waals surface area contributed by atoms with Crippen LogP contribution in [0.15, 0.2) is 59.5 Å². The van der Waals surface area contributed by atoms with Crippen LogP contribution in [0.25, 0.3) is 0 Å². The normalized spacial score (nSPS) is 21.2. The zero-order valence-electron chi connectivity index (χ0n) is 13.8. The molecule has 1 N–H and O–H groups in total. The molecule has 0 amide bonds. The molecule has 24 heavy (non-hydrogen) atoms. The van der Waals surface area contributed by atoms with Crippen LogP contribution in [0, 0.1) is 11.8 Å². The molecule has 0 spiro atoms. The van der Waals surface area contributed by atoms with Crippen molar-refractivity contribution >= 4 is 15.8 Å². The molecule has 126 valence electrons. The fourth-order valence-electron chi connectivity index (χ4n) is 3.00. The van der Waals surface area contributed by atoms with Gasteiger partial charge in [-0.3, -0.25) is 4.79 Å². The number of ketones is 1. The number of carbonyl (C=O) groups excluding carboxylic acids is 1. The van der Waals surface area contributed by atoms with Gasteiger partial charge in [-0.1, -0.05) is 49.4 Å². The molecule has 1 aliphatic rings. The third-order valence-corrected chi connectivity index (χ3v) is 6.03. The zero-order valence-corrected chi connectivity index (χ0v) is 14.6. The van der Waals surface area contributed by atoms with E-state index in [0.717, 1.165) is 12.0 Å². The number of benzene rings is 2. The van der Waals surface area contributed by atoms with Crippen molar-refractivity contribution in [1.29, 1.82) is 0 Å². The van der Waals surface area contributed by atoms with Crippen molar-refractivity contribution < 1.29 is 13.2 Å². The third kappa shape index (κ3) is 3.57. The lowest BCUT2D eigenvalue weighted by atomic mass is 10.0. The molecule has 0 aliphatic heterocycles. The summed E-state index contributed by atoms with van der Waals surface area (Å²) in [5.41, 5.74) is 1.37. The zero-order chi connectivity index (χ0) is 17.3. The molecule has 0 radical (unpaired) electrons. The van der Waals surface area contributed by atoms with E-state index in [1.807, 2.05) is 30.3 Å². The van der Waals surface area contributed by atoms with Crippen molar-refractivity contribution in [1.82, 2.24) is 4.72 Å². The summed E-state index contributed by atoms with van der Waals surface area (Å²) in [7, 11) is -3.69. The van der Waals surface area contributed by atoms with E-state index in [0.29, 0.717) is 17.4 Å². The van der Waals surface area contributed by atoms with Gasteiger partial charge in [0.05, 0.1) is 10.9 Å². The Bertz CT molecular complexity index is 846. The van der Waals surface area contributed by atoms with Crippen LogP contribution >= 0.6 is 0 Å². The highest BCUT2D eigenvalue weighted by Crippen LogP contribution is 2.47. The van der Waals surface area contributed by atoms with Gasteiger partial charge in [-0.25, -0.2) is 13.1 Å². The first-order valence-electron chi connectivity index (χ1n) is 8.07. The van der Waals surface area contributed by atoms with Crippen LogP contribution in [0.4, 0.5) is 0 Å². The van der Waals surface area contributed by atoms with Crippen molar-refractivity contribution in [2.45, 2.75) is 31.2 Å². The molecule has 1 fully saturated rings. The summed E-state index contributed by atoms with van der Waals surface area (Å²) in [5.74, 6) is 0.655. The molecule has 2 aromatic rings. The number of rotatable bonds is 6. The van der Waals surface area contributed by atoms with E-state index in [1.165, 1.54) is 19.1 Å². The summed E-state index contributed by atoms with van der Waals surface area (Å²) in [5, 5.41) is 0. The molecule has 3 unspecified atom stereocenters. The van der Waals surface area contributed by atoms with E-state index < -0.39 is 10.0 Å². The van der Waals surface area contributed by atoms with Gasteiger partial charge in [0.15, 0.2) is 5.78 Å². The number of carbonyl (C=O) groups is 1. The maximum absolute atomic E-state index is 12.8. The molecular weight excluding hydrogens is 322 g/mol. The highest BCUT2D eigenvalue weighted by Gasteiger charge is 2.42. The minimum absolute atomic E-state index is 0.129. The lowest BCUT2D eigenvalue weighted by molar-refractivity contribution is 0.101. The lowest BCUT2D eigenvalue weighted by Crippen LogP contribution is -2.30. The topological polar surface area (TPSA) is 63.2 Å². The SMILES string of the molecule is CC(=O)c1cccc(S(=O)(=O)NC(c2ccccc2)C2CC2C)c1. The number of hydrogen-bond acceptors (Lipinski definition) is 3. The van der Waals surface area contributed by atoms with Crippen LogP contribution in [0.5, 0.6) is 0 Å². The molecule has 0 saturated heterocycles. The maximum atomic E-state index is 12.8. The van der Waals surface area contributed by atoms with E-state index in [9.17, 15) is 13.2 Å². The van der Waals surface area contributed by atoms with Gasteiger partial charge in [0.25, 0.3) is 0 Å². The van der Waals surface area contributed by atoms with Crippen molar-refractivity contribution in [3.8, 4) is 0 Å². The molecular formula is C19H21NO3S. The van der Waals surface area contributed by atoms with Crippen LogP contribution in [-0.4, -0.2) is 14.2 Å². The second kappa shape index (κ2) is 6.49. The Hall–Kier alpha value is -1.98. The highest BCUT2D eigenvalue weighted by atomic mass is 32.2. The predicted octanol–water partition coefficient (Wildman–Crippen LogP) is 3.56. The van der Waals surface area contributed by atoms with Gasteiger partial charge in [0.1, 0.15) is 0 Å². The highest BCUT2D eigenvalue weighted by molar-refractivity contribution is 7.89. The summed E-state index contributed by atoms with van der Waals surface area (Å²) < 4.78 is 28.5. The van der Waals surface area contributed by atoms with E-state index in [4.69, 9.17) is 0 Å². The monoisotopic (exact) mass is 343 g/mol. The van der Waals surface area contributed by atoms with E-state index in [1.54, 1.807) is 12.1 Å². The third-order valence-electron chi connectivity index (χ3n) is 4.59. The standard InChI is InChI=1S/C19H21NO3S/c1-13-11-18(13)19(15-7-4-3-5-8-15)20-24(22,23)17-10-6-9-16(12-17)14(2)21/h3-10,12-13,18-20H,11H2,1-2H3. The predicted molar refractivity (Wildman–Crippen MR) is 93.2 cm³/mol. The molecule has 3 atom stereocenters. The Morgan fingerprint density at radius 3 is 2.38 bits per heavy atom. The quantitative estimate of drug-likeness (QED) is 0.816. The van der Waals surface area contributed by atoms with E-state index in [2.05, 4.69) is 11.6 Å². The van der Waals surface area contributed by atoms with Gasteiger partial charge < -0.3 is 0 Å². The number of Topliss-reactive ketones (excluding diaryl/α,β-unsaturated/α-hetero) is 1. The number of hydrogen-bond donors (Lipinski definition) is 1. The lowest BCUT2D eigenvalue weighted by Gasteiger charge is -2.19. The number of sulfonamides is 1.